The Kier molecular flexibility index (Phi) is 6.20. The van der Waals surface area contributed by atoms with Gasteiger partial charge >= 0.3 is 0 Å². The average molecular weight is 673 g/mol. The zero-order valence-corrected chi connectivity index (χ0v) is 25.3. The summed E-state index contributed by atoms with van der Waals surface area (Å²) in [6, 6.07) is 23.6. The Morgan fingerprint density at radius 2 is 0.660 bits per heavy atom. The number of aromatic hydroxyl groups is 11. The summed E-state index contributed by atoms with van der Waals surface area (Å²) in [4.78, 5) is 0. The molecule has 0 unspecified atom stereocenters. The van der Waals surface area contributed by atoms with Gasteiger partial charge in [-0.15, -0.1) is 0 Å². The smallest absolute Gasteiger partial charge is 0.208 e. The first-order chi connectivity index (χ1) is 24.0. The third-order valence-corrected chi connectivity index (χ3v) is 9.07. The lowest BCUT2D eigenvalue weighted by Gasteiger charge is -2.22. The molecule has 0 aliphatic heterocycles. The maximum Gasteiger partial charge on any atom is 0.208 e. The first-order valence-electron chi connectivity index (χ1n) is 14.9. The van der Waals surface area contributed by atoms with Gasteiger partial charge in [0.15, 0.2) is 34.3 Å². The quantitative estimate of drug-likeness (QED) is 0.0493. The largest absolute Gasteiger partial charge is 0.504 e. The van der Waals surface area contributed by atoms with Gasteiger partial charge in [-0.3, -0.25) is 0 Å². The predicted molar refractivity (Wildman–Crippen MR) is 183 cm³/mol. The van der Waals surface area contributed by atoms with Crippen LogP contribution in [-0.4, -0.2) is 56.2 Å². The van der Waals surface area contributed by atoms with Crippen LogP contribution in [0.5, 0.6) is 63.2 Å². The van der Waals surface area contributed by atoms with Gasteiger partial charge in [0.2, 0.25) is 34.5 Å². The molecule has 0 radical (unpaired) electrons. The molecule has 7 aromatic carbocycles. The number of hydrogen-bond donors (Lipinski definition) is 11. The van der Waals surface area contributed by atoms with E-state index in [4.69, 9.17) is 4.42 Å². The third kappa shape index (κ3) is 3.75. The summed E-state index contributed by atoms with van der Waals surface area (Å²) in [6.45, 7) is 0. The highest BCUT2D eigenvalue weighted by molar-refractivity contribution is 6.28. The van der Waals surface area contributed by atoms with Crippen molar-refractivity contribution in [3.8, 4) is 96.6 Å². The lowest BCUT2D eigenvalue weighted by Crippen LogP contribution is -1.95. The predicted octanol–water partition coefficient (Wildman–Crippen LogP) is 7.65. The molecule has 8 rings (SSSR count). The second kappa shape index (κ2) is 10.3. The van der Waals surface area contributed by atoms with Gasteiger partial charge in [0.05, 0.1) is 16.3 Å². The van der Waals surface area contributed by atoms with Crippen LogP contribution in [0.4, 0.5) is 0 Å². The zero-order valence-electron chi connectivity index (χ0n) is 25.3. The average Bonchev–Trinajstić information content (AvgIpc) is 3.54. The Labute approximate surface area is 279 Å². The number of benzene rings is 7. The van der Waals surface area contributed by atoms with Crippen LogP contribution in [-0.2, 0) is 0 Å². The van der Waals surface area contributed by atoms with Crippen LogP contribution in [0.2, 0.25) is 0 Å². The van der Waals surface area contributed by atoms with Crippen molar-refractivity contribution < 1.29 is 60.6 Å². The summed E-state index contributed by atoms with van der Waals surface area (Å²) in [6.07, 6.45) is 0. The molecule has 0 fully saturated rings. The minimum Gasteiger partial charge on any atom is -0.504 e. The summed E-state index contributed by atoms with van der Waals surface area (Å²) in [5.74, 6) is -12.6. The third-order valence-electron chi connectivity index (χ3n) is 9.07. The van der Waals surface area contributed by atoms with Crippen LogP contribution in [0, 0.1) is 0 Å². The Balaban J connectivity index is 1.70. The molecule has 12 nitrogen and oxygen atoms in total. The van der Waals surface area contributed by atoms with Gasteiger partial charge < -0.3 is 60.6 Å². The van der Waals surface area contributed by atoms with Crippen LogP contribution in [0.3, 0.4) is 0 Å². The Morgan fingerprint density at radius 1 is 0.280 bits per heavy atom. The van der Waals surface area contributed by atoms with E-state index < -0.39 is 96.3 Å². The minimum atomic E-state index is -1.28. The van der Waals surface area contributed by atoms with Crippen molar-refractivity contribution >= 4 is 43.5 Å². The number of phenols is 11. The topological polar surface area (TPSA) is 236 Å². The molecular weight excluding hydrogens is 648 g/mol. The first kappa shape index (κ1) is 30.0. The number of phenolic OH excluding ortho intramolecular Hbond substituents is 11. The van der Waals surface area contributed by atoms with Gasteiger partial charge in [0, 0.05) is 16.7 Å². The van der Waals surface area contributed by atoms with Crippen molar-refractivity contribution in [2.45, 2.75) is 0 Å². The highest BCUT2D eigenvalue weighted by Crippen LogP contribution is 2.64. The summed E-state index contributed by atoms with van der Waals surface area (Å²) in [5.41, 5.74) is -1.05. The highest BCUT2D eigenvalue weighted by Gasteiger charge is 2.36. The fourth-order valence-corrected chi connectivity index (χ4v) is 6.86. The first-order valence-corrected chi connectivity index (χ1v) is 14.9. The molecule has 0 saturated heterocycles. The van der Waals surface area contributed by atoms with Gasteiger partial charge in [0.1, 0.15) is 5.58 Å². The molecule has 0 aliphatic rings. The SMILES string of the molecule is Oc1c(O)c(O)c(-c2c(-c3c4ccccc4c(-c4ccccc4)c4ccccc34)c(O)c(O)c3c2oc2c(O)c(O)c(O)c(O)c23)c(O)c1O. The number of furan rings is 1. The summed E-state index contributed by atoms with van der Waals surface area (Å²) >= 11 is 0. The Morgan fingerprint density at radius 3 is 1.20 bits per heavy atom. The molecule has 11 N–H and O–H groups in total. The van der Waals surface area contributed by atoms with Crippen molar-refractivity contribution in [3.63, 3.8) is 0 Å². The summed E-state index contributed by atoms with van der Waals surface area (Å²) in [5, 5.41) is 121. The molecule has 0 bridgehead atoms. The number of hydrogen-bond acceptors (Lipinski definition) is 12. The number of fused-ring (bicyclic) bond motifs is 5. The van der Waals surface area contributed by atoms with E-state index in [1.807, 2.05) is 42.5 Å². The maximum absolute atomic E-state index is 12.0. The lowest BCUT2D eigenvalue weighted by atomic mass is 9.82. The standard InChI is InChI=1S/C38H24O12/c39-26-21(20-17-12-6-4-10-15(17)19(14-8-2-1-3-9-14)16-11-5-7-13-18(16)20)22(23-27(40)31(44)34(47)32(45)28(23)41)37-24(29(26)42)25-30(43)33(46)35(48)36(49)38(25)50-37/h1-13,39-49H. The van der Waals surface area contributed by atoms with Crippen molar-refractivity contribution in [1.29, 1.82) is 0 Å². The molecule has 50 heavy (non-hydrogen) atoms. The van der Waals surface area contributed by atoms with E-state index in [1.165, 1.54) is 0 Å². The molecule has 248 valence electrons. The second-order valence-corrected chi connectivity index (χ2v) is 11.7. The van der Waals surface area contributed by atoms with Gasteiger partial charge in [-0.1, -0.05) is 78.9 Å². The molecule has 0 atom stereocenters. The van der Waals surface area contributed by atoms with E-state index in [0.717, 1.165) is 11.1 Å². The van der Waals surface area contributed by atoms with Gasteiger partial charge in [-0.05, 0) is 32.7 Å². The Hall–Kier alpha value is -7.34. The van der Waals surface area contributed by atoms with Gasteiger partial charge in [-0.25, -0.2) is 0 Å². The van der Waals surface area contributed by atoms with E-state index in [2.05, 4.69) is 0 Å². The van der Waals surface area contributed by atoms with Crippen LogP contribution in [0.1, 0.15) is 0 Å². The van der Waals surface area contributed by atoms with E-state index >= 15 is 0 Å². The molecule has 1 aromatic heterocycles. The molecule has 1 heterocycles. The highest BCUT2D eigenvalue weighted by atomic mass is 16.4. The fourth-order valence-electron chi connectivity index (χ4n) is 6.86. The molecule has 0 amide bonds. The van der Waals surface area contributed by atoms with Gasteiger partial charge in [-0.2, -0.15) is 0 Å². The molecular formula is C38H24O12. The second-order valence-electron chi connectivity index (χ2n) is 11.7. The molecule has 12 heteroatoms. The fraction of sp³-hybridized carbons (Fsp3) is 0. The molecule has 8 aromatic rings. The normalized spacial score (nSPS) is 11.7. The summed E-state index contributed by atoms with van der Waals surface area (Å²) in [7, 11) is 0. The van der Waals surface area contributed by atoms with E-state index in [-0.39, 0.29) is 11.1 Å². The zero-order chi connectivity index (χ0) is 35.3. The van der Waals surface area contributed by atoms with Crippen molar-refractivity contribution in [2.75, 3.05) is 0 Å². The summed E-state index contributed by atoms with van der Waals surface area (Å²) < 4.78 is 5.92. The van der Waals surface area contributed by atoms with E-state index in [9.17, 15) is 56.2 Å². The minimum absolute atomic E-state index is 0.200. The van der Waals surface area contributed by atoms with Crippen molar-refractivity contribution in [1.82, 2.24) is 0 Å². The monoisotopic (exact) mass is 672 g/mol. The van der Waals surface area contributed by atoms with Crippen LogP contribution >= 0.6 is 0 Å². The molecule has 0 spiro atoms. The molecule has 0 saturated carbocycles. The molecule has 0 aliphatic carbocycles. The number of rotatable bonds is 3. The van der Waals surface area contributed by atoms with Crippen LogP contribution in [0.15, 0.2) is 83.3 Å². The van der Waals surface area contributed by atoms with Crippen LogP contribution < -0.4 is 0 Å². The van der Waals surface area contributed by atoms with Crippen LogP contribution in [0.25, 0.3) is 76.9 Å². The van der Waals surface area contributed by atoms with Crippen molar-refractivity contribution in [2.24, 2.45) is 0 Å². The van der Waals surface area contributed by atoms with E-state index in [0.29, 0.717) is 21.5 Å². The Bertz CT molecular complexity index is 2680. The van der Waals surface area contributed by atoms with Gasteiger partial charge in [0.25, 0.3) is 0 Å². The van der Waals surface area contributed by atoms with Crippen molar-refractivity contribution in [3.05, 3.63) is 78.9 Å². The van der Waals surface area contributed by atoms with E-state index in [1.54, 1.807) is 36.4 Å². The maximum atomic E-state index is 12.0. The lowest BCUT2D eigenvalue weighted by molar-refractivity contribution is 0.330.